The molecule has 0 aliphatic rings. The van der Waals surface area contributed by atoms with Gasteiger partial charge >= 0.3 is 5.97 Å². The zero-order valence-corrected chi connectivity index (χ0v) is 10.6. The molecule has 19 heavy (non-hydrogen) atoms. The van der Waals surface area contributed by atoms with Crippen LogP contribution in [0.5, 0.6) is 11.5 Å². The molecule has 0 atom stereocenters. The Morgan fingerprint density at radius 1 is 1.00 bits per heavy atom. The molecule has 0 fully saturated rings. The molecule has 2 aromatic carbocycles. The summed E-state index contributed by atoms with van der Waals surface area (Å²) in [7, 11) is 0. The molecule has 0 saturated heterocycles. The van der Waals surface area contributed by atoms with E-state index in [2.05, 4.69) is 6.58 Å². The second-order valence-corrected chi connectivity index (χ2v) is 4.24. The van der Waals surface area contributed by atoms with Gasteiger partial charge in [-0.1, -0.05) is 30.8 Å². The number of hydrogen-bond donors (Lipinski definition) is 1. The Hall–Kier alpha value is -2.55. The average Bonchev–Trinajstić information content (AvgIpc) is 2.40. The minimum Gasteiger partial charge on any atom is -0.508 e. The van der Waals surface area contributed by atoms with Crippen molar-refractivity contribution in [3.05, 3.63) is 60.7 Å². The van der Waals surface area contributed by atoms with Crippen molar-refractivity contribution >= 4 is 5.97 Å². The van der Waals surface area contributed by atoms with Crippen LogP contribution in [0.15, 0.2) is 60.7 Å². The summed E-state index contributed by atoms with van der Waals surface area (Å²) in [5.41, 5.74) is 2.33. The summed E-state index contributed by atoms with van der Waals surface area (Å²) < 4.78 is 5.11. The Morgan fingerprint density at radius 3 is 1.95 bits per heavy atom. The SMILES string of the molecule is C=C(C)C(=O)Oc1ccc(-c2ccc(O)cc2)cc1. The van der Waals surface area contributed by atoms with Gasteiger partial charge in [-0.25, -0.2) is 4.79 Å². The molecule has 2 rings (SSSR count). The zero-order valence-electron chi connectivity index (χ0n) is 10.6. The molecule has 1 N–H and O–H groups in total. The summed E-state index contributed by atoms with van der Waals surface area (Å²) in [5.74, 6) is 0.281. The van der Waals surface area contributed by atoms with Crippen LogP contribution in [0.25, 0.3) is 11.1 Å². The van der Waals surface area contributed by atoms with Gasteiger partial charge in [-0.05, 0) is 42.3 Å². The van der Waals surface area contributed by atoms with E-state index in [0.717, 1.165) is 11.1 Å². The van der Waals surface area contributed by atoms with Gasteiger partial charge in [0.15, 0.2) is 0 Å². The molecule has 0 radical (unpaired) electrons. The smallest absolute Gasteiger partial charge is 0.338 e. The molecule has 0 aliphatic heterocycles. The standard InChI is InChI=1S/C16H14O3/c1-11(2)16(18)19-15-9-5-13(6-10-15)12-3-7-14(17)8-4-12/h3-10,17H,1H2,2H3. The molecule has 2 aromatic rings. The number of phenolic OH excluding ortho intramolecular Hbond substituents is 1. The number of phenols is 1. The fourth-order valence-corrected chi connectivity index (χ4v) is 1.56. The molecule has 0 amide bonds. The van der Waals surface area contributed by atoms with Crippen LogP contribution in [-0.2, 0) is 4.79 Å². The Labute approximate surface area is 111 Å². The van der Waals surface area contributed by atoms with Crippen LogP contribution in [0.2, 0.25) is 0 Å². The van der Waals surface area contributed by atoms with E-state index in [-0.39, 0.29) is 5.75 Å². The first-order valence-corrected chi connectivity index (χ1v) is 5.83. The molecule has 0 aromatic heterocycles. The Kier molecular flexibility index (Phi) is 3.66. The van der Waals surface area contributed by atoms with Crippen molar-refractivity contribution < 1.29 is 14.6 Å². The third-order valence-corrected chi connectivity index (χ3v) is 2.61. The lowest BCUT2D eigenvalue weighted by atomic mass is 10.1. The molecule has 3 heteroatoms. The number of benzene rings is 2. The van der Waals surface area contributed by atoms with Gasteiger partial charge in [0.2, 0.25) is 0 Å². The highest BCUT2D eigenvalue weighted by molar-refractivity contribution is 5.88. The number of ether oxygens (including phenoxy) is 1. The van der Waals surface area contributed by atoms with Gasteiger partial charge < -0.3 is 9.84 Å². The van der Waals surface area contributed by atoms with Crippen molar-refractivity contribution in [3.63, 3.8) is 0 Å². The summed E-state index contributed by atoms with van der Waals surface area (Å²) in [6.45, 7) is 5.13. The molecule has 0 bridgehead atoms. The van der Waals surface area contributed by atoms with Gasteiger partial charge in [-0.15, -0.1) is 0 Å². The molecule has 0 heterocycles. The summed E-state index contributed by atoms with van der Waals surface area (Å²) in [6, 6.07) is 14.1. The second kappa shape index (κ2) is 5.40. The van der Waals surface area contributed by atoms with E-state index < -0.39 is 5.97 Å². The van der Waals surface area contributed by atoms with E-state index in [1.165, 1.54) is 0 Å². The van der Waals surface area contributed by atoms with Crippen LogP contribution in [0.3, 0.4) is 0 Å². The number of hydrogen-bond acceptors (Lipinski definition) is 3. The fraction of sp³-hybridized carbons (Fsp3) is 0.0625. The molecular formula is C16H14O3. The van der Waals surface area contributed by atoms with Gasteiger partial charge in [0.25, 0.3) is 0 Å². The summed E-state index contributed by atoms with van der Waals surface area (Å²) in [4.78, 5) is 11.4. The van der Waals surface area contributed by atoms with Crippen LogP contribution in [-0.4, -0.2) is 11.1 Å². The Morgan fingerprint density at radius 2 is 1.47 bits per heavy atom. The minimum atomic E-state index is -0.433. The highest BCUT2D eigenvalue weighted by Gasteiger charge is 2.05. The third kappa shape index (κ3) is 3.22. The van der Waals surface area contributed by atoms with Crippen molar-refractivity contribution in [2.75, 3.05) is 0 Å². The van der Waals surface area contributed by atoms with E-state index in [1.54, 1.807) is 31.2 Å². The molecule has 0 unspecified atom stereocenters. The topological polar surface area (TPSA) is 46.5 Å². The van der Waals surface area contributed by atoms with E-state index in [1.807, 2.05) is 24.3 Å². The number of esters is 1. The fourth-order valence-electron chi connectivity index (χ4n) is 1.56. The predicted molar refractivity (Wildman–Crippen MR) is 74.0 cm³/mol. The molecular weight excluding hydrogens is 240 g/mol. The summed E-state index contributed by atoms with van der Waals surface area (Å²) in [6.07, 6.45) is 0. The maximum Gasteiger partial charge on any atom is 0.338 e. The molecule has 0 saturated carbocycles. The van der Waals surface area contributed by atoms with Gasteiger partial charge in [0, 0.05) is 5.57 Å². The second-order valence-electron chi connectivity index (χ2n) is 4.24. The van der Waals surface area contributed by atoms with E-state index in [9.17, 15) is 9.90 Å². The van der Waals surface area contributed by atoms with Crippen LogP contribution in [0.1, 0.15) is 6.92 Å². The zero-order chi connectivity index (χ0) is 13.8. The first-order chi connectivity index (χ1) is 9.06. The van der Waals surface area contributed by atoms with Crippen LogP contribution < -0.4 is 4.74 Å². The van der Waals surface area contributed by atoms with Gasteiger partial charge in [0.1, 0.15) is 11.5 Å². The number of aromatic hydroxyl groups is 1. The largest absolute Gasteiger partial charge is 0.508 e. The van der Waals surface area contributed by atoms with Crippen LogP contribution >= 0.6 is 0 Å². The predicted octanol–water partition coefficient (Wildman–Crippen LogP) is 3.54. The Bertz CT molecular complexity index is 595. The maximum absolute atomic E-state index is 11.4. The molecule has 3 nitrogen and oxygen atoms in total. The lowest BCUT2D eigenvalue weighted by Gasteiger charge is -2.06. The van der Waals surface area contributed by atoms with Crippen molar-refractivity contribution in [3.8, 4) is 22.6 Å². The van der Waals surface area contributed by atoms with Gasteiger partial charge in [0.05, 0.1) is 0 Å². The average molecular weight is 254 g/mol. The summed E-state index contributed by atoms with van der Waals surface area (Å²) >= 11 is 0. The maximum atomic E-state index is 11.4. The van der Waals surface area contributed by atoms with E-state index in [4.69, 9.17) is 4.74 Å². The molecule has 0 aliphatic carbocycles. The lowest BCUT2D eigenvalue weighted by molar-refractivity contribution is -0.130. The third-order valence-electron chi connectivity index (χ3n) is 2.61. The lowest BCUT2D eigenvalue weighted by Crippen LogP contribution is -2.07. The van der Waals surface area contributed by atoms with Crippen molar-refractivity contribution in [2.24, 2.45) is 0 Å². The first-order valence-electron chi connectivity index (χ1n) is 5.83. The van der Waals surface area contributed by atoms with Gasteiger partial charge in [-0.3, -0.25) is 0 Å². The minimum absolute atomic E-state index is 0.232. The number of carbonyl (C=O) groups is 1. The van der Waals surface area contributed by atoms with E-state index >= 15 is 0 Å². The van der Waals surface area contributed by atoms with Crippen LogP contribution in [0.4, 0.5) is 0 Å². The molecule has 96 valence electrons. The first kappa shape index (κ1) is 12.9. The quantitative estimate of drug-likeness (QED) is 0.517. The number of carbonyl (C=O) groups excluding carboxylic acids is 1. The van der Waals surface area contributed by atoms with Crippen LogP contribution in [0, 0.1) is 0 Å². The normalized spacial score (nSPS) is 9.95. The Balaban J connectivity index is 2.16. The van der Waals surface area contributed by atoms with E-state index in [0.29, 0.717) is 11.3 Å². The summed E-state index contributed by atoms with van der Waals surface area (Å²) in [5, 5.41) is 9.23. The van der Waals surface area contributed by atoms with Crippen molar-refractivity contribution in [1.29, 1.82) is 0 Å². The highest BCUT2D eigenvalue weighted by Crippen LogP contribution is 2.24. The van der Waals surface area contributed by atoms with Crippen molar-refractivity contribution in [2.45, 2.75) is 6.92 Å². The molecule has 0 spiro atoms. The van der Waals surface area contributed by atoms with Gasteiger partial charge in [-0.2, -0.15) is 0 Å². The monoisotopic (exact) mass is 254 g/mol. The number of rotatable bonds is 3. The highest BCUT2D eigenvalue weighted by atomic mass is 16.5. The van der Waals surface area contributed by atoms with Crippen molar-refractivity contribution in [1.82, 2.24) is 0 Å².